The molecular weight excluding hydrogens is 264 g/mol. The minimum Gasteiger partial charge on any atom is -0.378 e. The van der Waals surface area contributed by atoms with E-state index in [0.717, 1.165) is 42.9 Å². The van der Waals surface area contributed by atoms with Crippen molar-refractivity contribution in [3.8, 4) is 0 Å². The molecule has 0 unspecified atom stereocenters. The van der Waals surface area contributed by atoms with Crippen molar-refractivity contribution in [3.63, 3.8) is 0 Å². The van der Waals surface area contributed by atoms with Crippen molar-refractivity contribution in [2.75, 3.05) is 43.9 Å². The molecule has 1 amide bonds. The van der Waals surface area contributed by atoms with E-state index < -0.39 is 0 Å². The van der Waals surface area contributed by atoms with Crippen LogP contribution in [0.5, 0.6) is 0 Å². The van der Waals surface area contributed by atoms with Crippen molar-refractivity contribution in [1.29, 1.82) is 0 Å². The molecule has 116 valence electrons. The Hall–Kier alpha value is -1.59. The van der Waals surface area contributed by atoms with E-state index in [2.05, 4.69) is 21.2 Å². The Kier molecular flexibility index (Phi) is 5.20. The molecule has 0 atom stereocenters. The number of hydrogen-bond acceptors (Lipinski definition) is 4. The SMILES string of the molecule is Cc1cc(N(C)C)ccc1NC(=O)CN1CCC(N)CC1. The lowest BCUT2D eigenvalue weighted by atomic mass is 10.1. The molecule has 1 heterocycles. The Morgan fingerprint density at radius 3 is 2.62 bits per heavy atom. The normalized spacial score (nSPS) is 16.8. The van der Waals surface area contributed by atoms with E-state index in [9.17, 15) is 4.79 Å². The molecule has 1 aliphatic heterocycles. The highest BCUT2D eigenvalue weighted by Gasteiger charge is 2.18. The maximum atomic E-state index is 12.1. The molecule has 5 nitrogen and oxygen atoms in total. The number of anilines is 2. The van der Waals surface area contributed by atoms with E-state index in [0.29, 0.717) is 12.6 Å². The molecule has 0 saturated carbocycles. The van der Waals surface area contributed by atoms with Crippen LogP contribution in [0.15, 0.2) is 18.2 Å². The Labute approximate surface area is 127 Å². The van der Waals surface area contributed by atoms with Crippen LogP contribution in [0.3, 0.4) is 0 Å². The highest BCUT2D eigenvalue weighted by Crippen LogP contribution is 2.21. The Morgan fingerprint density at radius 2 is 2.05 bits per heavy atom. The maximum Gasteiger partial charge on any atom is 0.238 e. The number of amides is 1. The highest BCUT2D eigenvalue weighted by atomic mass is 16.2. The van der Waals surface area contributed by atoms with E-state index in [1.54, 1.807) is 0 Å². The van der Waals surface area contributed by atoms with Gasteiger partial charge in [-0.25, -0.2) is 0 Å². The van der Waals surface area contributed by atoms with Gasteiger partial charge in [0.05, 0.1) is 6.54 Å². The summed E-state index contributed by atoms with van der Waals surface area (Å²) < 4.78 is 0. The van der Waals surface area contributed by atoms with Gasteiger partial charge < -0.3 is 16.0 Å². The van der Waals surface area contributed by atoms with Crippen LogP contribution < -0.4 is 16.0 Å². The van der Waals surface area contributed by atoms with Crippen LogP contribution in [0.4, 0.5) is 11.4 Å². The molecule has 0 radical (unpaired) electrons. The summed E-state index contributed by atoms with van der Waals surface area (Å²) in [4.78, 5) is 16.4. The molecule has 0 aromatic heterocycles. The minimum atomic E-state index is 0.0474. The van der Waals surface area contributed by atoms with Gasteiger partial charge in [0.15, 0.2) is 0 Å². The molecular formula is C16H26N4O. The molecule has 1 aromatic rings. The largest absolute Gasteiger partial charge is 0.378 e. The number of carbonyl (C=O) groups excluding carboxylic acids is 1. The second-order valence-corrected chi connectivity index (χ2v) is 6.06. The fourth-order valence-corrected chi connectivity index (χ4v) is 2.57. The summed E-state index contributed by atoms with van der Waals surface area (Å²) in [6, 6.07) is 6.36. The monoisotopic (exact) mass is 290 g/mol. The van der Waals surface area contributed by atoms with E-state index in [1.807, 2.05) is 33.2 Å². The van der Waals surface area contributed by atoms with Crippen LogP contribution >= 0.6 is 0 Å². The summed E-state index contributed by atoms with van der Waals surface area (Å²) in [6.07, 6.45) is 1.95. The second kappa shape index (κ2) is 6.91. The fourth-order valence-electron chi connectivity index (χ4n) is 2.57. The average molecular weight is 290 g/mol. The first-order chi connectivity index (χ1) is 9.95. The smallest absolute Gasteiger partial charge is 0.238 e. The Balaban J connectivity index is 1.90. The van der Waals surface area contributed by atoms with Gasteiger partial charge in [0.1, 0.15) is 0 Å². The number of carbonyl (C=O) groups is 1. The molecule has 0 spiro atoms. The summed E-state index contributed by atoms with van der Waals surface area (Å²) in [5.41, 5.74) is 8.98. The second-order valence-electron chi connectivity index (χ2n) is 6.06. The zero-order valence-electron chi connectivity index (χ0n) is 13.2. The van der Waals surface area contributed by atoms with Crippen molar-refractivity contribution in [2.45, 2.75) is 25.8 Å². The number of nitrogens with one attached hydrogen (secondary N) is 1. The number of hydrogen-bond donors (Lipinski definition) is 2. The molecule has 1 saturated heterocycles. The third-order valence-electron chi connectivity index (χ3n) is 4.00. The Morgan fingerprint density at radius 1 is 1.38 bits per heavy atom. The van der Waals surface area contributed by atoms with Crippen LogP contribution in [0.1, 0.15) is 18.4 Å². The van der Waals surface area contributed by atoms with Gasteiger partial charge in [-0.1, -0.05) is 0 Å². The van der Waals surface area contributed by atoms with E-state index >= 15 is 0 Å². The van der Waals surface area contributed by atoms with E-state index in [-0.39, 0.29) is 5.91 Å². The third-order valence-corrected chi connectivity index (χ3v) is 4.00. The van der Waals surface area contributed by atoms with Gasteiger partial charge in [0.2, 0.25) is 5.91 Å². The molecule has 1 aliphatic rings. The van der Waals surface area contributed by atoms with Crippen molar-refractivity contribution < 1.29 is 4.79 Å². The summed E-state index contributed by atoms with van der Waals surface area (Å²) in [5, 5.41) is 3.00. The summed E-state index contributed by atoms with van der Waals surface area (Å²) in [7, 11) is 4.02. The lowest BCUT2D eigenvalue weighted by Gasteiger charge is -2.29. The predicted octanol–water partition coefficient (Wildman–Crippen LogP) is 1.42. The number of likely N-dealkylation sites (tertiary alicyclic amines) is 1. The zero-order valence-corrected chi connectivity index (χ0v) is 13.2. The van der Waals surface area contributed by atoms with Gasteiger partial charge >= 0.3 is 0 Å². The first-order valence-electron chi connectivity index (χ1n) is 7.51. The van der Waals surface area contributed by atoms with Gasteiger partial charge in [-0.3, -0.25) is 9.69 Å². The maximum absolute atomic E-state index is 12.1. The number of aryl methyl sites for hydroxylation is 1. The zero-order chi connectivity index (χ0) is 15.4. The fraction of sp³-hybridized carbons (Fsp3) is 0.562. The molecule has 0 bridgehead atoms. The number of rotatable bonds is 4. The summed E-state index contributed by atoms with van der Waals surface area (Å²) >= 11 is 0. The standard InChI is InChI=1S/C16H26N4O/c1-12-10-14(19(2)3)4-5-15(12)18-16(21)11-20-8-6-13(17)7-9-20/h4-5,10,13H,6-9,11,17H2,1-3H3,(H,18,21). The van der Waals surface area contributed by atoms with Crippen LogP contribution in [-0.2, 0) is 4.79 Å². The topological polar surface area (TPSA) is 61.6 Å². The molecule has 2 rings (SSSR count). The van der Waals surface area contributed by atoms with Crippen LogP contribution in [0, 0.1) is 6.92 Å². The molecule has 1 fully saturated rings. The summed E-state index contributed by atoms with van der Waals surface area (Å²) in [5.74, 6) is 0.0474. The molecule has 21 heavy (non-hydrogen) atoms. The summed E-state index contributed by atoms with van der Waals surface area (Å²) in [6.45, 7) is 4.28. The Bertz CT molecular complexity index is 493. The first kappa shape index (κ1) is 15.8. The highest BCUT2D eigenvalue weighted by molar-refractivity contribution is 5.93. The van der Waals surface area contributed by atoms with Gasteiger partial charge in [-0.2, -0.15) is 0 Å². The van der Waals surface area contributed by atoms with Crippen molar-refractivity contribution in [3.05, 3.63) is 23.8 Å². The van der Waals surface area contributed by atoms with Crippen LogP contribution in [-0.4, -0.2) is 50.6 Å². The van der Waals surface area contributed by atoms with Crippen molar-refractivity contribution in [1.82, 2.24) is 4.90 Å². The first-order valence-corrected chi connectivity index (χ1v) is 7.51. The van der Waals surface area contributed by atoms with Crippen LogP contribution in [0.25, 0.3) is 0 Å². The number of nitrogens with zero attached hydrogens (tertiary/aromatic N) is 2. The number of nitrogens with two attached hydrogens (primary N) is 1. The number of benzene rings is 1. The molecule has 0 aliphatic carbocycles. The lowest BCUT2D eigenvalue weighted by Crippen LogP contribution is -2.43. The molecule has 3 N–H and O–H groups in total. The van der Waals surface area contributed by atoms with E-state index in [4.69, 9.17) is 5.73 Å². The van der Waals surface area contributed by atoms with Gasteiger partial charge in [-0.15, -0.1) is 0 Å². The average Bonchev–Trinajstić information content (AvgIpc) is 2.43. The van der Waals surface area contributed by atoms with Gasteiger partial charge in [0.25, 0.3) is 0 Å². The van der Waals surface area contributed by atoms with Crippen LogP contribution in [0.2, 0.25) is 0 Å². The number of piperidine rings is 1. The molecule has 1 aromatic carbocycles. The third kappa shape index (κ3) is 4.44. The molecule has 5 heteroatoms. The lowest BCUT2D eigenvalue weighted by molar-refractivity contribution is -0.117. The van der Waals surface area contributed by atoms with Crippen molar-refractivity contribution in [2.24, 2.45) is 5.73 Å². The predicted molar refractivity (Wildman–Crippen MR) is 87.8 cm³/mol. The quantitative estimate of drug-likeness (QED) is 0.880. The van der Waals surface area contributed by atoms with Crippen molar-refractivity contribution >= 4 is 17.3 Å². The van der Waals surface area contributed by atoms with E-state index in [1.165, 1.54) is 0 Å². The van der Waals surface area contributed by atoms with Gasteiger partial charge in [-0.05, 0) is 43.5 Å². The van der Waals surface area contributed by atoms with Gasteiger partial charge in [0, 0.05) is 44.6 Å². The minimum absolute atomic E-state index is 0.0474.